The molecule has 3 aliphatic rings. The van der Waals surface area contributed by atoms with E-state index in [2.05, 4.69) is 22.1 Å². The average molecular weight is 396 g/mol. The largest absolute Gasteiger partial charge is 0.293 e. The van der Waals surface area contributed by atoms with Gasteiger partial charge in [0.05, 0.1) is 28.6 Å². The smallest absolute Gasteiger partial charge is 0.0991 e. The lowest BCUT2D eigenvalue weighted by molar-refractivity contribution is 0.0518. The first-order valence-corrected chi connectivity index (χ1v) is 10.8. The molecule has 2 aliphatic heterocycles. The van der Waals surface area contributed by atoms with E-state index in [0.29, 0.717) is 18.0 Å². The minimum atomic E-state index is 0.550. The molecule has 6 rings (SSSR count). The lowest BCUT2D eigenvalue weighted by atomic mass is 9.81. The Morgan fingerprint density at radius 1 is 1.17 bits per heavy atom. The van der Waals surface area contributed by atoms with Crippen molar-refractivity contribution in [1.82, 2.24) is 15.0 Å². The van der Waals surface area contributed by atoms with Crippen LogP contribution in [0.15, 0.2) is 53.8 Å². The molecule has 2 bridgehead atoms. The van der Waals surface area contributed by atoms with E-state index in [1.807, 2.05) is 49.5 Å². The highest BCUT2D eigenvalue weighted by molar-refractivity contribution is 6.02. The number of rotatable bonds is 4. The lowest BCUT2D eigenvalue weighted by Gasteiger charge is -2.44. The fraction of sp³-hybridized carbons (Fsp3) is 0.360. The Morgan fingerprint density at radius 2 is 2.03 bits per heavy atom. The standard InChI is InChI=1S/C25H25N5/c1-17-3-2-4-24(28-17)25(29-30-16-18-5-8-21(30)9-6-18)14-20-11-12-27-23-10-7-19(15-26)13-22(20)23/h2-4,7,10-13,18,21H,5-6,8-9,14,16H2,1H3. The second-order valence-corrected chi connectivity index (χ2v) is 8.50. The molecule has 0 amide bonds. The van der Waals surface area contributed by atoms with Crippen LogP contribution in [0, 0.1) is 24.2 Å². The van der Waals surface area contributed by atoms with Gasteiger partial charge in [-0.3, -0.25) is 15.0 Å². The second-order valence-electron chi connectivity index (χ2n) is 8.50. The number of pyridine rings is 2. The highest BCUT2D eigenvalue weighted by Crippen LogP contribution is 2.35. The van der Waals surface area contributed by atoms with Gasteiger partial charge in [0.25, 0.3) is 0 Å². The average Bonchev–Trinajstić information content (AvgIpc) is 2.79. The first-order valence-electron chi connectivity index (χ1n) is 10.8. The maximum absolute atomic E-state index is 9.34. The summed E-state index contributed by atoms with van der Waals surface area (Å²) >= 11 is 0. The Labute approximate surface area is 177 Å². The number of nitriles is 1. The molecular formula is C25H25N5. The zero-order valence-electron chi connectivity index (χ0n) is 17.3. The fourth-order valence-corrected chi connectivity index (χ4v) is 4.80. The van der Waals surface area contributed by atoms with Gasteiger partial charge in [0.1, 0.15) is 0 Å². The Balaban J connectivity index is 1.57. The van der Waals surface area contributed by atoms with Gasteiger partial charge < -0.3 is 0 Å². The summed E-state index contributed by atoms with van der Waals surface area (Å²) in [7, 11) is 0. The predicted octanol–water partition coefficient (Wildman–Crippen LogP) is 4.63. The summed E-state index contributed by atoms with van der Waals surface area (Å²) in [5, 5.41) is 17.9. The van der Waals surface area contributed by atoms with E-state index >= 15 is 0 Å². The zero-order valence-corrected chi connectivity index (χ0v) is 17.3. The number of fused-ring (bicyclic) bond motifs is 4. The van der Waals surface area contributed by atoms with Crippen LogP contribution in [-0.2, 0) is 6.42 Å². The summed E-state index contributed by atoms with van der Waals surface area (Å²) in [4.78, 5) is 9.27. The predicted molar refractivity (Wildman–Crippen MR) is 118 cm³/mol. The van der Waals surface area contributed by atoms with Crippen LogP contribution in [0.25, 0.3) is 10.9 Å². The van der Waals surface area contributed by atoms with E-state index in [0.717, 1.165) is 46.0 Å². The van der Waals surface area contributed by atoms with Crippen molar-refractivity contribution in [3.8, 4) is 6.07 Å². The van der Waals surface area contributed by atoms with Gasteiger partial charge in [-0.15, -0.1) is 0 Å². The minimum absolute atomic E-state index is 0.550. The number of nitrogens with zero attached hydrogens (tertiary/aromatic N) is 5. The molecule has 1 aromatic carbocycles. The molecule has 1 aliphatic carbocycles. The van der Waals surface area contributed by atoms with Crippen LogP contribution in [0.3, 0.4) is 0 Å². The topological polar surface area (TPSA) is 65.2 Å². The molecule has 0 atom stereocenters. The second kappa shape index (κ2) is 7.87. The van der Waals surface area contributed by atoms with Gasteiger partial charge in [-0.25, -0.2) is 0 Å². The molecule has 5 nitrogen and oxygen atoms in total. The van der Waals surface area contributed by atoms with Crippen molar-refractivity contribution in [3.05, 3.63) is 71.2 Å². The highest BCUT2D eigenvalue weighted by atomic mass is 15.5. The maximum Gasteiger partial charge on any atom is 0.0991 e. The molecule has 2 aromatic heterocycles. The molecule has 30 heavy (non-hydrogen) atoms. The third-order valence-corrected chi connectivity index (χ3v) is 6.44. The van der Waals surface area contributed by atoms with Crippen LogP contribution < -0.4 is 0 Å². The molecule has 0 N–H and O–H groups in total. The molecule has 4 heterocycles. The molecule has 0 spiro atoms. The van der Waals surface area contributed by atoms with Crippen LogP contribution in [0.5, 0.6) is 0 Å². The first kappa shape index (κ1) is 18.7. The van der Waals surface area contributed by atoms with E-state index < -0.39 is 0 Å². The van der Waals surface area contributed by atoms with Crippen molar-refractivity contribution in [2.45, 2.75) is 45.1 Å². The zero-order chi connectivity index (χ0) is 20.5. The Bertz CT molecular complexity index is 1150. The molecule has 5 heteroatoms. The summed E-state index contributed by atoms with van der Waals surface area (Å²) in [6.45, 7) is 3.07. The van der Waals surface area contributed by atoms with Crippen molar-refractivity contribution in [2.75, 3.05) is 6.54 Å². The summed E-state index contributed by atoms with van der Waals surface area (Å²) < 4.78 is 0. The number of piperidine rings is 2. The normalized spacial score (nSPS) is 21.1. The first-order chi connectivity index (χ1) is 14.7. The number of aromatic nitrogens is 2. The SMILES string of the molecule is Cc1cccc(C(Cc2ccnc3ccc(C#N)cc23)=NN2CC3CCC2CC3)n1. The molecule has 3 aromatic rings. The lowest BCUT2D eigenvalue weighted by Crippen LogP contribution is -2.45. The van der Waals surface area contributed by atoms with Crippen molar-refractivity contribution in [3.63, 3.8) is 0 Å². The van der Waals surface area contributed by atoms with E-state index in [1.54, 1.807) is 0 Å². The van der Waals surface area contributed by atoms with Crippen molar-refractivity contribution in [2.24, 2.45) is 11.0 Å². The quantitative estimate of drug-likeness (QED) is 0.604. The molecule has 1 saturated carbocycles. The highest BCUT2D eigenvalue weighted by Gasteiger charge is 2.33. The van der Waals surface area contributed by atoms with Crippen LogP contribution in [-0.4, -0.2) is 33.3 Å². The number of hydrogen-bond donors (Lipinski definition) is 0. The van der Waals surface area contributed by atoms with Crippen molar-refractivity contribution in [1.29, 1.82) is 5.26 Å². The number of aryl methyl sites for hydroxylation is 1. The third kappa shape index (κ3) is 3.66. The number of hydrazone groups is 1. The molecule has 0 unspecified atom stereocenters. The molecule has 150 valence electrons. The third-order valence-electron chi connectivity index (χ3n) is 6.44. The molecule has 2 saturated heterocycles. The number of hydrogen-bond acceptors (Lipinski definition) is 5. The van der Waals surface area contributed by atoms with Crippen molar-refractivity contribution < 1.29 is 0 Å². The van der Waals surface area contributed by atoms with Gasteiger partial charge in [-0.05, 0) is 80.5 Å². The fourth-order valence-electron chi connectivity index (χ4n) is 4.80. The summed E-state index contributed by atoms with van der Waals surface area (Å²) in [5.41, 5.74) is 5.59. The Morgan fingerprint density at radius 3 is 2.77 bits per heavy atom. The summed E-state index contributed by atoms with van der Waals surface area (Å²) in [6, 6.07) is 16.6. The molecule has 0 radical (unpaired) electrons. The summed E-state index contributed by atoms with van der Waals surface area (Å²) in [5.74, 6) is 0.769. The van der Waals surface area contributed by atoms with Crippen LogP contribution in [0.2, 0.25) is 0 Å². The van der Waals surface area contributed by atoms with Gasteiger partial charge in [0, 0.05) is 36.3 Å². The van der Waals surface area contributed by atoms with Gasteiger partial charge in [-0.2, -0.15) is 10.4 Å². The van der Waals surface area contributed by atoms with E-state index in [1.165, 1.54) is 25.7 Å². The van der Waals surface area contributed by atoms with Gasteiger partial charge >= 0.3 is 0 Å². The Kier molecular flexibility index (Phi) is 4.92. The van der Waals surface area contributed by atoms with Gasteiger partial charge in [0.15, 0.2) is 0 Å². The molecular weight excluding hydrogens is 370 g/mol. The summed E-state index contributed by atoms with van der Waals surface area (Å²) in [6.07, 6.45) is 7.66. The Hall–Kier alpha value is -3.26. The van der Waals surface area contributed by atoms with Crippen LogP contribution >= 0.6 is 0 Å². The van der Waals surface area contributed by atoms with E-state index in [4.69, 9.17) is 10.1 Å². The van der Waals surface area contributed by atoms with Crippen LogP contribution in [0.4, 0.5) is 0 Å². The van der Waals surface area contributed by atoms with Gasteiger partial charge in [-0.1, -0.05) is 6.07 Å². The van der Waals surface area contributed by atoms with E-state index in [9.17, 15) is 5.26 Å². The monoisotopic (exact) mass is 395 g/mol. The molecule has 3 fully saturated rings. The van der Waals surface area contributed by atoms with E-state index in [-0.39, 0.29) is 0 Å². The number of benzene rings is 1. The minimum Gasteiger partial charge on any atom is -0.293 e. The van der Waals surface area contributed by atoms with Gasteiger partial charge in [0.2, 0.25) is 0 Å². The van der Waals surface area contributed by atoms with Crippen molar-refractivity contribution >= 4 is 16.6 Å². The van der Waals surface area contributed by atoms with Crippen LogP contribution in [0.1, 0.15) is 48.2 Å². The maximum atomic E-state index is 9.34.